The average molecular weight is 211 g/mol. The monoisotopic (exact) mass is 210 g/mol. The Balaban J connectivity index is 2.13. The van der Waals surface area contributed by atoms with Gasteiger partial charge >= 0.3 is 0 Å². The lowest BCUT2D eigenvalue weighted by molar-refractivity contribution is 0.0918. The highest BCUT2D eigenvalue weighted by molar-refractivity contribution is 6.30. The molecule has 1 atom stereocenters. The van der Waals surface area contributed by atoms with Crippen LogP contribution in [0, 0.1) is 0 Å². The van der Waals surface area contributed by atoms with E-state index < -0.39 is 0 Å². The van der Waals surface area contributed by atoms with E-state index in [1.807, 2.05) is 24.3 Å². The number of hydrogen-bond donors (Lipinski definition) is 1. The Morgan fingerprint density at radius 3 is 2.71 bits per heavy atom. The molecule has 1 aromatic carbocycles. The molecule has 0 spiro atoms. The number of hydrogen-bond acceptors (Lipinski definition) is 3. The van der Waals surface area contributed by atoms with Crippen molar-refractivity contribution in [2.24, 2.45) is 10.9 Å². The number of benzene rings is 1. The minimum absolute atomic E-state index is 0.0284. The molecule has 2 rings (SSSR count). The van der Waals surface area contributed by atoms with Gasteiger partial charge in [0, 0.05) is 18.0 Å². The summed E-state index contributed by atoms with van der Waals surface area (Å²) in [7, 11) is 0. The molecule has 74 valence electrons. The fourth-order valence-electron chi connectivity index (χ4n) is 1.37. The van der Waals surface area contributed by atoms with Gasteiger partial charge in [0.2, 0.25) is 0 Å². The quantitative estimate of drug-likeness (QED) is 0.809. The minimum Gasteiger partial charge on any atom is -0.390 e. The van der Waals surface area contributed by atoms with Gasteiger partial charge in [-0.25, -0.2) is 0 Å². The lowest BCUT2D eigenvalue weighted by atomic mass is 10.1. The molecule has 4 heteroatoms. The zero-order chi connectivity index (χ0) is 9.97. The maximum atomic E-state index is 5.78. The number of halogens is 1. The van der Waals surface area contributed by atoms with Crippen molar-refractivity contribution < 1.29 is 4.84 Å². The topological polar surface area (TPSA) is 47.6 Å². The van der Waals surface area contributed by atoms with E-state index in [4.69, 9.17) is 22.2 Å². The molecule has 3 nitrogen and oxygen atoms in total. The smallest absolute Gasteiger partial charge is 0.145 e. The number of oxime groups is 1. The highest BCUT2D eigenvalue weighted by atomic mass is 35.5. The van der Waals surface area contributed by atoms with Crippen molar-refractivity contribution in [1.29, 1.82) is 0 Å². The second kappa shape index (κ2) is 3.98. The Morgan fingerprint density at radius 1 is 1.43 bits per heavy atom. The summed E-state index contributed by atoms with van der Waals surface area (Å²) in [4.78, 5) is 5.13. The van der Waals surface area contributed by atoms with Crippen LogP contribution in [0.1, 0.15) is 12.0 Å². The van der Waals surface area contributed by atoms with E-state index in [0.717, 1.165) is 22.7 Å². The van der Waals surface area contributed by atoms with E-state index in [9.17, 15) is 0 Å². The van der Waals surface area contributed by atoms with E-state index >= 15 is 0 Å². The predicted molar refractivity (Wildman–Crippen MR) is 56.5 cm³/mol. The molecule has 0 unspecified atom stereocenters. The summed E-state index contributed by atoms with van der Waals surface area (Å²) in [6.07, 6.45) is 0.804. The zero-order valence-electron chi connectivity index (χ0n) is 7.61. The van der Waals surface area contributed by atoms with Gasteiger partial charge in [0.1, 0.15) is 6.10 Å². The summed E-state index contributed by atoms with van der Waals surface area (Å²) in [6.45, 7) is 0.501. The van der Waals surface area contributed by atoms with Gasteiger partial charge < -0.3 is 10.6 Å². The molecule has 0 bridgehead atoms. The van der Waals surface area contributed by atoms with Gasteiger partial charge in [0.05, 0.1) is 5.71 Å². The second-order valence-corrected chi connectivity index (χ2v) is 3.65. The first kappa shape index (κ1) is 9.49. The van der Waals surface area contributed by atoms with E-state index in [1.54, 1.807) is 0 Å². The highest BCUT2D eigenvalue weighted by Gasteiger charge is 2.20. The molecule has 0 aromatic heterocycles. The third-order valence-corrected chi connectivity index (χ3v) is 2.43. The van der Waals surface area contributed by atoms with Crippen LogP contribution in [-0.4, -0.2) is 18.4 Å². The fraction of sp³-hybridized carbons (Fsp3) is 0.300. The van der Waals surface area contributed by atoms with Crippen molar-refractivity contribution in [3.63, 3.8) is 0 Å². The molecule has 1 aliphatic heterocycles. The standard InChI is InChI=1S/C10H11ClN2O/c11-8-3-1-7(2-4-8)10-5-9(6-12)14-13-10/h1-4,9H,5-6,12H2/t9-/m0/s1. The summed E-state index contributed by atoms with van der Waals surface area (Å²) < 4.78 is 0. The fourth-order valence-corrected chi connectivity index (χ4v) is 1.49. The van der Waals surface area contributed by atoms with Crippen molar-refractivity contribution in [3.05, 3.63) is 34.9 Å². The number of nitrogens with zero attached hydrogens (tertiary/aromatic N) is 1. The second-order valence-electron chi connectivity index (χ2n) is 3.21. The first-order valence-corrected chi connectivity index (χ1v) is 4.86. The zero-order valence-corrected chi connectivity index (χ0v) is 8.37. The summed E-state index contributed by atoms with van der Waals surface area (Å²) in [6, 6.07) is 7.55. The first-order chi connectivity index (χ1) is 6.79. The lowest BCUT2D eigenvalue weighted by Gasteiger charge is -2.02. The lowest BCUT2D eigenvalue weighted by Crippen LogP contribution is -2.20. The Morgan fingerprint density at radius 2 is 2.14 bits per heavy atom. The van der Waals surface area contributed by atoms with Crippen LogP contribution in [-0.2, 0) is 4.84 Å². The summed E-state index contributed by atoms with van der Waals surface area (Å²) in [5.41, 5.74) is 7.47. The molecule has 2 N–H and O–H groups in total. The minimum atomic E-state index is 0.0284. The molecule has 0 amide bonds. The maximum Gasteiger partial charge on any atom is 0.145 e. The molecule has 0 saturated carbocycles. The highest BCUT2D eigenvalue weighted by Crippen LogP contribution is 2.17. The van der Waals surface area contributed by atoms with Crippen molar-refractivity contribution in [1.82, 2.24) is 0 Å². The van der Waals surface area contributed by atoms with Crippen LogP contribution in [0.2, 0.25) is 5.02 Å². The van der Waals surface area contributed by atoms with Crippen LogP contribution in [0.4, 0.5) is 0 Å². The Hall–Kier alpha value is -1.06. The molecule has 0 aliphatic carbocycles. The number of rotatable bonds is 2. The van der Waals surface area contributed by atoms with Crippen molar-refractivity contribution in [3.8, 4) is 0 Å². The molecule has 1 aliphatic rings. The molecule has 1 heterocycles. The molecule has 0 saturated heterocycles. The van der Waals surface area contributed by atoms with Gasteiger partial charge in [-0.1, -0.05) is 28.9 Å². The Labute approximate surface area is 87.5 Å². The van der Waals surface area contributed by atoms with Crippen LogP contribution < -0.4 is 5.73 Å². The SMILES string of the molecule is NC[C@@H]1CC(c2ccc(Cl)cc2)=NO1. The summed E-state index contributed by atoms with van der Waals surface area (Å²) in [5, 5.41) is 4.71. The van der Waals surface area contributed by atoms with Crippen molar-refractivity contribution >= 4 is 17.3 Å². The van der Waals surface area contributed by atoms with Crippen molar-refractivity contribution in [2.75, 3.05) is 6.54 Å². The van der Waals surface area contributed by atoms with Gasteiger partial charge in [-0.2, -0.15) is 0 Å². The third kappa shape index (κ3) is 1.89. The third-order valence-electron chi connectivity index (χ3n) is 2.17. The van der Waals surface area contributed by atoms with Crippen LogP contribution in [0.5, 0.6) is 0 Å². The Kier molecular flexibility index (Phi) is 2.70. The molecule has 14 heavy (non-hydrogen) atoms. The van der Waals surface area contributed by atoms with Crippen molar-refractivity contribution in [2.45, 2.75) is 12.5 Å². The van der Waals surface area contributed by atoms with Gasteiger partial charge in [-0.3, -0.25) is 0 Å². The van der Waals surface area contributed by atoms with Gasteiger partial charge in [0.25, 0.3) is 0 Å². The summed E-state index contributed by atoms with van der Waals surface area (Å²) >= 11 is 5.78. The van der Waals surface area contributed by atoms with E-state index in [1.165, 1.54) is 0 Å². The number of nitrogens with two attached hydrogens (primary N) is 1. The van der Waals surface area contributed by atoms with Gasteiger partial charge in [-0.05, 0) is 17.7 Å². The molecule has 0 radical (unpaired) electrons. The van der Waals surface area contributed by atoms with Crippen LogP contribution in [0.3, 0.4) is 0 Å². The van der Waals surface area contributed by atoms with Gasteiger partial charge in [0.15, 0.2) is 0 Å². The van der Waals surface area contributed by atoms with E-state index in [-0.39, 0.29) is 6.10 Å². The molecular formula is C10H11ClN2O. The van der Waals surface area contributed by atoms with E-state index in [0.29, 0.717) is 6.54 Å². The molecule has 0 fully saturated rings. The van der Waals surface area contributed by atoms with Crippen LogP contribution >= 0.6 is 11.6 Å². The predicted octanol–water partition coefficient (Wildman–Crippen LogP) is 1.79. The normalized spacial score (nSPS) is 20.4. The van der Waals surface area contributed by atoms with E-state index in [2.05, 4.69) is 5.16 Å². The maximum absolute atomic E-state index is 5.78. The summed E-state index contributed by atoms with van der Waals surface area (Å²) in [5.74, 6) is 0. The van der Waals surface area contributed by atoms with Crippen LogP contribution in [0.25, 0.3) is 0 Å². The Bertz CT molecular complexity index is 348. The van der Waals surface area contributed by atoms with Crippen LogP contribution in [0.15, 0.2) is 29.4 Å². The largest absolute Gasteiger partial charge is 0.390 e. The first-order valence-electron chi connectivity index (χ1n) is 4.48. The molecular weight excluding hydrogens is 200 g/mol. The average Bonchev–Trinajstić information content (AvgIpc) is 2.67. The van der Waals surface area contributed by atoms with Gasteiger partial charge in [-0.15, -0.1) is 0 Å². The molecule has 1 aromatic rings.